The summed E-state index contributed by atoms with van der Waals surface area (Å²) >= 11 is 1.73. The maximum atomic E-state index is 4.26. The van der Waals surface area contributed by atoms with Crippen molar-refractivity contribution in [2.75, 3.05) is 33.2 Å². The molecule has 0 unspecified atom stereocenters. The molecule has 120 valence electrons. The van der Waals surface area contributed by atoms with Gasteiger partial charge in [0, 0.05) is 20.1 Å². The molecule has 1 heterocycles. The van der Waals surface area contributed by atoms with Crippen LogP contribution >= 0.6 is 11.3 Å². The molecule has 4 nitrogen and oxygen atoms in total. The molecule has 0 fully saturated rings. The van der Waals surface area contributed by atoms with Crippen LogP contribution in [0.15, 0.2) is 21.8 Å². The predicted octanol–water partition coefficient (Wildman–Crippen LogP) is 2.93. The molecule has 0 amide bonds. The largest absolute Gasteiger partial charge is 0.356 e. The van der Waals surface area contributed by atoms with Crippen molar-refractivity contribution >= 4 is 17.3 Å². The lowest BCUT2D eigenvalue weighted by Gasteiger charge is -2.21. The first-order valence-corrected chi connectivity index (χ1v) is 8.92. The Kier molecular flexibility index (Phi) is 9.91. The fraction of sp³-hybridized carbons (Fsp3) is 0.688. The summed E-state index contributed by atoms with van der Waals surface area (Å²) in [5.41, 5.74) is 1.31. The molecule has 2 N–H and O–H groups in total. The van der Waals surface area contributed by atoms with Crippen molar-refractivity contribution in [1.29, 1.82) is 0 Å². The van der Waals surface area contributed by atoms with Gasteiger partial charge in [-0.25, -0.2) is 0 Å². The van der Waals surface area contributed by atoms with Gasteiger partial charge in [-0.2, -0.15) is 11.3 Å². The van der Waals surface area contributed by atoms with Crippen molar-refractivity contribution in [3.05, 3.63) is 22.4 Å². The Morgan fingerprint density at radius 3 is 2.52 bits per heavy atom. The van der Waals surface area contributed by atoms with Crippen molar-refractivity contribution in [3.8, 4) is 0 Å². The highest BCUT2D eigenvalue weighted by atomic mass is 32.1. The lowest BCUT2D eigenvalue weighted by atomic mass is 10.3. The van der Waals surface area contributed by atoms with Gasteiger partial charge in [-0.15, -0.1) is 0 Å². The topological polar surface area (TPSA) is 39.7 Å². The molecule has 21 heavy (non-hydrogen) atoms. The van der Waals surface area contributed by atoms with Crippen LogP contribution in [0.4, 0.5) is 0 Å². The molecule has 1 rings (SSSR count). The van der Waals surface area contributed by atoms with E-state index in [0.717, 1.165) is 32.0 Å². The van der Waals surface area contributed by atoms with Crippen molar-refractivity contribution in [2.45, 2.75) is 39.7 Å². The zero-order valence-electron chi connectivity index (χ0n) is 13.7. The fourth-order valence-corrected chi connectivity index (χ4v) is 2.95. The number of nitrogens with zero attached hydrogens (tertiary/aromatic N) is 2. The van der Waals surface area contributed by atoms with Gasteiger partial charge in [0.15, 0.2) is 5.96 Å². The number of hydrogen-bond acceptors (Lipinski definition) is 3. The molecule has 1 aromatic rings. The molecule has 0 radical (unpaired) electrons. The average molecular weight is 311 g/mol. The zero-order valence-corrected chi connectivity index (χ0v) is 14.5. The van der Waals surface area contributed by atoms with Gasteiger partial charge >= 0.3 is 0 Å². The lowest BCUT2D eigenvalue weighted by molar-refractivity contribution is 0.271. The highest BCUT2D eigenvalue weighted by molar-refractivity contribution is 7.07. The summed E-state index contributed by atoms with van der Waals surface area (Å²) in [5, 5.41) is 11.0. The van der Waals surface area contributed by atoms with Crippen LogP contribution in [-0.2, 0) is 6.54 Å². The summed E-state index contributed by atoms with van der Waals surface area (Å²) in [6.45, 7) is 9.87. The summed E-state index contributed by atoms with van der Waals surface area (Å²) in [5.74, 6) is 0.888. The predicted molar refractivity (Wildman–Crippen MR) is 94.2 cm³/mol. The van der Waals surface area contributed by atoms with Gasteiger partial charge in [-0.3, -0.25) is 4.99 Å². The first kappa shape index (κ1) is 18.0. The van der Waals surface area contributed by atoms with E-state index >= 15 is 0 Å². The van der Waals surface area contributed by atoms with E-state index < -0.39 is 0 Å². The Balaban J connectivity index is 2.16. The third-order valence-corrected chi connectivity index (χ3v) is 4.02. The van der Waals surface area contributed by atoms with Crippen LogP contribution in [0.5, 0.6) is 0 Å². The van der Waals surface area contributed by atoms with Gasteiger partial charge in [0.25, 0.3) is 0 Å². The second-order valence-corrected chi connectivity index (χ2v) is 5.96. The van der Waals surface area contributed by atoms with Crippen LogP contribution < -0.4 is 10.6 Å². The Morgan fingerprint density at radius 2 is 1.95 bits per heavy atom. The van der Waals surface area contributed by atoms with Crippen LogP contribution in [0, 0.1) is 0 Å². The fourth-order valence-electron chi connectivity index (χ4n) is 2.28. The summed E-state index contributed by atoms with van der Waals surface area (Å²) in [6.07, 6.45) is 3.62. The third kappa shape index (κ3) is 8.07. The van der Waals surface area contributed by atoms with Gasteiger partial charge in [0.1, 0.15) is 0 Å². The number of rotatable bonds is 10. The highest BCUT2D eigenvalue weighted by Gasteiger charge is 2.02. The molecule has 1 aromatic heterocycles. The maximum absolute atomic E-state index is 4.26. The molecule has 0 aliphatic heterocycles. The number of nitrogens with one attached hydrogen (secondary N) is 2. The number of hydrogen-bond donors (Lipinski definition) is 2. The van der Waals surface area contributed by atoms with Crippen LogP contribution in [0.2, 0.25) is 0 Å². The second kappa shape index (κ2) is 11.6. The summed E-state index contributed by atoms with van der Waals surface area (Å²) < 4.78 is 0. The third-order valence-electron chi connectivity index (χ3n) is 3.29. The van der Waals surface area contributed by atoms with Crippen LogP contribution in [0.1, 0.15) is 38.7 Å². The minimum atomic E-state index is 0.834. The van der Waals surface area contributed by atoms with Crippen molar-refractivity contribution in [3.63, 3.8) is 0 Å². The molecular weight excluding hydrogens is 280 g/mol. The molecular formula is C16H30N4S. The summed E-state index contributed by atoms with van der Waals surface area (Å²) in [6, 6.07) is 2.14. The van der Waals surface area contributed by atoms with E-state index in [-0.39, 0.29) is 0 Å². The standard InChI is InChI=1S/C16H30N4S/c1-4-9-20(10-5-2)11-6-8-18-16(17-3)19-13-15-7-12-21-14-15/h7,12,14H,4-6,8-11,13H2,1-3H3,(H2,17,18,19). The summed E-state index contributed by atoms with van der Waals surface area (Å²) in [7, 11) is 1.82. The van der Waals surface area contributed by atoms with Crippen LogP contribution in [0.25, 0.3) is 0 Å². The molecule has 0 saturated carbocycles. The van der Waals surface area contributed by atoms with Gasteiger partial charge in [0.2, 0.25) is 0 Å². The maximum Gasteiger partial charge on any atom is 0.191 e. The van der Waals surface area contributed by atoms with Crippen molar-refractivity contribution in [2.24, 2.45) is 4.99 Å². The van der Waals surface area contributed by atoms with E-state index in [0.29, 0.717) is 0 Å². The minimum Gasteiger partial charge on any atom is -0.356 e. The number of guanidine groups is 1. The molecule has 0 bridgehead atoms. The van der Waals surface area contributed by atoms with Crippen molar-refractivity contribution in [1.82, 2.24) is 15.5 Å². The molecule has 0 spiro atoms. The molecule has 0 atom stereocenters. The molecule has 0 aliphatic rings. The normalized spacial score (nSPS) is 11.9. The van der Waals surface area contributed by atoms with Crippen LogP contribution in [0.3, 0.4) is 0 Å². The quantitative estimate of drug-likeness (QED) is 0.396. The Hall–Kier alpha value is -1.07. The minimum absolute atomic E-state index is 0.834. The first-order chi connectivity index (χ1) is 10.3. The van der Waals surface area contributed by atoms with E-state index in [9.17, 15) is 0 Å². The Bertz CT molecular complexity index is 370. The number of aliphatic imine (C=N–C) groups is 1. The Labute approximate surface area is 133 Å². The van der Waals surface area contributed by atoms with Crippen LogP contribution in [-0.4, -0.2) is 44.1 Å². The molecule has 0 aromatic carbocycles. The SMILES string of the molecule is CCCN(CCC)CCCNC(=NC)NCc1ccsc1. The smallest absolute Gasteiger partial charge is 0.191 e. The molecule has 0 aliphatic carbocycles. The average Bonchev–Trinajstić information content (AvgIpc) is 3.00. The van der Waals surface area contributed by atoms with Crippen molar-refractivity contribution < 1.29 is 0 Å². The van der Waals surface area contributed by atoms with Gasteiger partial charge in [0.05, 0.1) is 0 Å². The lowest BCUT2D eigenvalue weighted by Crippen LogP contribution is -2.38. The number of thiophene rings is 1. The molecule has 0 saturated heterocycles. The van der Waals surface area contributed by atoms with Gasteiger partial charge in [-0.05, 0) is 61.3 Å². The summed E-state index contributed by atoms with van der Waals surface area (Å²) in [4.78, 5) is 6.81. The monoisotopic (exact) mass is 310 g/mol. The van der Waals surface area contributed by atoms with E-state index in [2.05, 4.69) is 51.2 Å². The van der Waals surface area contributed by atoms with E-state index in [4.69, 9.17) is 0 Å². The van der Waals surface area contributed by atoms with Gasteiger partial charge in [-0.1, -0.05) is 13.8 Å². The van der Waals surface area contributed by atoms with E-state index in [1.165, 1.54) is 31.5 Å². The van der Waals surface area contributed by atoms with Gasteiger partial charge < -0.3 is 15.5 Å². The second-order valence-electron chi connectivity index (χ2n) is 5.18. The highest BCUT2D eigenvalue weighted by Crippen LogP contribution is 2.04. The van der Waals surface area contributed by atoms with E-state index in [1.54, 1.807) is 11.3 Å². The van der Waals surface area contributed by atoms with E-state index in [1.807, 2.05) is 7.05 Å². The zero-order chi connectivity index (χ0) is 15.3. The molecule has 5 heteroatoms. The first-order valence-electron chi connectivity index (χ1n) is 7.98. The Morgan fingerprint density at radius 1 is 1.19 bits per heavy atom.